The van der Waals surface area contributed by atoms with Gasteiger partial charge in [-0.3, -0.25) is 9.78 Å². The maximum absolute atomic E-state index is 11.4. The topological polar surface area (TPSA) is 91.3 Å². The Balaban J connectivity index is 0.000000298. The van der Waals surface area contributed by atoms with Gasteiger partial charge in [-0.05, 0) is 44.2 Å². The largest absolute Gasteiger partial charge is 0.490 e. The smallest absolute Gasteiger partial charge is 0.475 e. The Morgan fingerprint density at radius 1 is 1.31 bits per heavy atom. The average molecular weight is 373 g/mol. The average Bonchev–Trinajstić information content (AvgIpc) is 2.96. The van der Waals surface area contributed by atoms with Crippen LogP contribution in [0.1, 0.15) is 44.2 Å². The van der Waals surface area contributed by atoms with Crippen LogP contribution in [0.2, 0.25) is 0 Å². The van der Waals surface area contributed by atoms with E-state index in [9.17, 15) is 18.0 Å². The molecule has 0 aromatic carbocycles. The summed E-state index contributed by atoms with van der Waals surface area (Å²) >= 11 is 0. The summed E-state index contributed by atoms with van der Waals surface area (Å²) in [6.07, 6.45) is 3.00. The van der Waals surface area contributed by atoms with Crippen molar-refractivity contribution in [1.29, 1.82) is 0 Å². The Labute approximate surface area is 149 Å². The number of carbonyl (C=O) groups excluding carboxylic acids is 1. The van der Waals surface area contributed by atoms with Crippen LogP contribution in [0.4, 0.5) is 13.2 Å². The predicted octanol–water partition coefficient (Wildman–Crippen LogP) is 2.40. The lowest BCUT2D eigenvalue weighted by Crippen LogP contribution is -2.47. The Kier molecular flexibility index (Phi) is 6.57. The van der Waals surface area contributed by atoms with Crippen molar-refractivity contribution in [2.24, 2.45) is 0 Å². The molecule has 2 fully saturated rings. The van der Waals surface area contributed by atoms with Crippen molar-refractivity contribution < 1.29 is 27.9 Å². The number of alkyl halides is 3. The number of carbonyl (C=O) groups is 2. The molecule has 1 aromatic heterocycles. The minimum atomic E-state index is -5.08. The summed E-state index contributed by atoms with van der Waals surface area (Å²) in [5.41, 5.74) is 1.22. The van der Waals surface area contributed by atoms with Gasteiger partial charge in [0.05, 0.1) is 5.69 Å². The lowest BCUT2D eigenvalue weighted by atomic mass is 9.78. The minimum Gasteiger partial charge on any atom is -0.475 e. The monoisotopic (exact) mass is 373 g/mol. The summed E-state index contributed by atoms with van der Waals surface area (Å²) in [6, 6.07) is 6.57. The molecule has 1 saturated carbocycles. The summed E-state index contributed by atoms with van der Waals surface area (Å²) in [5.74, 6) is -2.52. The quantitative estimate of drug-likeness (QED) is 0.757. The number of hydrogen-bond acceptors (Lipinski definition) is 4. The van der Waals surface area contributed by atoms with Gasteiger partial charge >= 0.3 is 12.1 Å². The van der Waals surface area contributed by atoms with E-state index in [1.165, 1.54) is 0 Å². The Morgan fingerprint density at radius 3 is 2.42 bits per heavy atom. The molecule has 144 valence electrons. The SMILES string of the molecule is O=C(O)C(F)(F)F.O=C1CCC2(CCC(NCc3ccccn3)CC2)N1. The Morgan fingerprint density at radius 2 is 1.96 bits per heavy atom. The molecule has 0 radical (unpaired) electrons. The van der Waals surface area contributed by atoms with Gasteiger partial charge in [0.15, 0.2) is 0 Å². The van der Waals surface area contributed by atoms with Crippen molar-refractivity contribution in [2.45, 2.75) is 62.8 Å². The van der Waals surface area contributed by atoms with Gasteiger partial charge in [-0.15, -0.1) is 0 Å². The number of aliphatic carboxylic acids is 1. The highest BCUT2D eigenvalue weighted by atomic mass is 19.4. The van der Waals surface area contributed by atoms with E-state index in [1.807, 2.05) is 18.3 Å². The fourth-order valence-corrected chi connectivity index (χ4v) is 3.27. The van der Waals surface area contributed by atoms with Crippen LogP contribution in [0.5, 0.6) is 0 Å². The number of amides is 1. The highest BCUT2D eigenvalue weighted by molar-refractivity contribution is 5.79. The molecule has 1 aliphatic heterocycles. The van der Waals surface area contributed by atoms with E-state index in [0.29, 0.717) is 12.5 Å². The molecule has 1 saturated heterocycles. The molecule has 26 heavy (non-hydrogen) atoms. The van der Waals surface area contributed by atoms with Crippen LogP contribution in [-0.4, -0.2) is 39.7 Å². The lowest BCUT2D eigenvalue weighted by Gasteiger charge is -2.37. The molecule has 0 bridgehead atoms. The molecular formula is C17H22F3N3O3. The second-order valence-corrected chi connectivity index (χ2v) is 6.61. The molecule has 1 amide bonds. The lowest BCUT2D eigenvalue weighted by molar-refractivity contribution is -0.192. The first-order chi connectivity index (χ1) is 12.2. The molecule has 1 spiro atoms. The molecule has 0 unspecified atom stereocenters. The van der Waals surface area contributed by atoms with E-state index >= 15 is 0 Å². The van der Waals surface area contributed by atoms with Crippen LogP contribution in [0.3, 0.4) is 0 Å². The van der Waals surface area contributed by atoms with Gasteiger partial charge in [0, 0.05) is 30.7 Å². The van der Waals surface area contributed by atoms with E-state index in [-0.39, 0.29) is 11.4 Å². The zero-order valence-corrected chi connectivity index (χ0v) is 14.2. The summed E-state index contributed by atoms with van der Waals surface area (Å²) in [7, 11) is 0. The van der Waals surface area contributed by atoms with E-state index in [0.717, 1.165) is 44.3 Å². The molecule has 1 aromatic rings. The third-order valence-corrected chi connectivity index (χ3v) is 4.72. The van der Waals surface area contributed by atoms with Gasteiger partial charge in [-0.2, -0.15) is 13.2 Å². The summed E-state index contributed by atoms with van der Waals surface area (Å²) in [6.45, 7) is 0.838. The highest BCUT2D eigenvalue weighted by Crippen LogP contribution is 2.35. The maximum Gasteiger partial charge on any atom is 0.490 e. The van der Waals surface area contributed by atoms with E-state index in [4.69, 9.17) is 9.90 Å². The number of carboxylic acids is 1. The second-order valence-electron chi connectivity index (χ2n) is 6.61. The van der Waals surface area contributed by atoms with Crippen molar-refractivity contribution in [3.8, 4) is 0 Å². The van der Waals surface area contributed by atoms with Crippen LogP contribution in [0.25, 0.3) is 0 Å². The molecule has 3 N–H and O–H groups in total. The van der Waals surface area contributed by atoms with Gasteiger partial charge < -0.3 is 15.7 Å². The molecule has 0 atom stereocenters. The van der Waals surface area contributed by atoms with Gasteiger partial charge in [-0.25, -0.2) is 4.79 Å². The van der Waals surface area contributed by atoms with Gasteiger partial charge in [0.2, 0.25) is 5.91 Å². The van der Waals surface area contributed by atoms with Crippen LogP contribution >= 0.6 is 0 Å². The Bertz CT molecular complexity index is 615. The van der Waals surface area contributed by atoms with Crippen molar-refractivity contribution in [3.63, 3.8) is 0 Å². The zero-order valence-electron chi connectivity index (χ0n) is 14.2. The Hall–Kier alpha value is -2.16. The third kappa shape index (κ3) is 5.98. The predicted molar refractivity (Wildman–Crippen MR) is 87.1 cm³/mol. The maximum atomic E-state index is 11.4. The number of nitrogens with zero attached hydrogens (tertiary/aromatic N) is 1. The zero-order chi connectivity index (χ0) is 19.2. The number of aromatic nitrogens is 1. The van der Waals surface area contributed by atoms with Crippen LogP contribution in [0.15, 0.2) is 24.4 Å². The van der Waals surface area contributed by atoms with Crippen molar-refractivity contribution in [3.05, 3.63) is 30.1 Å². The molecular weight excluding hydrogens is 351 g/mol. The fourth-order valence-electron chi connectivity index (χ4n) is 3.27. The standard InChI is InChI=1S/C15H21N3O.C2HF3O2/c19-14-6-9-15(18-14)7-4-12(5-8-15)17-11-13-3-1-2-10-16-13;3-2(4,5)1(6)7/h1-3,10,12,17H,4-9,11H2,(H,18,19);(H,6,7). The molecule has 9 heteroatoms. The number of carboxylic acid groups (broad SMARTS) is 1. The molecule has 2 aliphatic rings. The number of pyridine rings is 1. The summed E-state index contributed by atoms with van der Waals surface area (Å²) in [4.78, 5) is 24.6. The van der Waals surface area contributed by atoms with Gasteiger partial charge in [0.1, 0.15) is 0 Å². The van der Waals surface area contributed by atoms with Crippen molar-refractivity contribution >= 4 is 11.9 Å². The second kappa shape index (κ2) is 8.48. The summed E-state index contributed by atoms with van der Waals surface area (Å²) in [5, 5.41) is 13.9. The summed E-state index contributed by atoms with van der Waals surface area (Å²) < 4.78 is 31.7. The number of halogens is 3. The van der Waals surface area contributed by atoms with Crippen molar-refractivity contribution in [2.75, 3.05) is 0 Å². The first kappa shape index (κ1) is 20.2. The van der Waals surface area contributed by atoms with Crippen LogP contribution < -0.4 is 10.6 Å². The first-order valence-electron chi connectivity index (χ1n) is 8.45. The van der Waals surface area contributed by atoms with E-state index < -0.39 is 12.1 Å². The first-order valence-corrected chi connectivity index (χ1v) is 8.45. The van der Waals surface area contributed by atoms with E-state index in [2.05, 4.69) is 21.7 Å². The molecule has 2 heterocycles. The molecule has 6 nitrogen and oxygen atoms in total. The van der Waals surface area contributed by atoms with Crippen LogP contribution in [0, 0.1) is 0 Å². The van der Waals surface area contributed by atoms with Crippen molar-refractivity contribution in [1.82, 2.24) is 15.6 Å². The molecule has 1 aliphatic carbocycles. The number of hydrogen-bond donors (Lipinski definition) is 3. The number of nitrogens with one attached hydrogen (secondary N) is 2. The molecule has 3 rings (SSSR count). The highest BCUT2D eigenvalue weighted by Gasteiger charge is 2.40. The fraction of sp³-hybridized carbons (Fsp3) is 0.588. The van der Waals surface area contributed by atoms with E-state index in [1.54, 1.807) is 0 Å². The minimum absolute atomic E-state index is 0.125. The normalized spacial score (nSPS) is 25.3. The third-order valence-electron chi connectivity index (χ3n) is 4.72. The van der Waals surface area contributed by atoms with Crippen LogP contribution in [-0.2, 0) is 16.1 Å². The van der Waals surface area contributed by atoms with Gasteiger partial charge in [0.25, 0.3) is 0 Å². The van der Waals surface area contributed by atoms with Gasteiger partial charge in [-0.1, -0.05) is 6.07 Å². The number of rotatable bonds is 3.